The van der Waals surface area contributed by atoms with Crippen LogP contribution in [0.5, 0.6) is 5.75 Å². The van der Waals surface area contributed by atoms with Gasteiger partial charge in [0.25, 0.3) is 5.91 Å². The summed E-state index contributed by atoms with van der Waals surface area (Å²) in [6.07, 6.45) is 4.85. The molecule has 0 heterocycles. The van der Waals surface area contributed by atoms with E-state index in [-0.39, 0.29) is 5.91 Å². The molecule has 0 spiro atoms. The Morgan fingerprint density at radius 3 is 2.57 bits per heavy atom. The summed E-state index contributed by atoms with van der Waals surface area (Å²) in [6, 6.07) is 5.23. The topological polar surface area (TPSA) is 64.3 Å². The molecule has 0 radical (unpaired) electrons. The highest BCUT2D eigenvalue weighted by molar-refractivity contribution is 9.10. The summed E-state index contributed by atoms with van der Waals surface area (Å²) in [7, 11) is 1.59. The Bertz CT molecular complexity index is 557. The van der Waals surface area contributed by atoms with Crippen LogP contribution in [0.25, 0.3) is 0 Å². The smallest absolute Gasteiger partial charge is 0.252 e. The van der Waals surface area contributed by atoms with Gasteiger partial charge >= 0.3 is 0 Å². The molecule has 1 aromatic rings. The summed E-state index contributed by atoms with van der Waals surface area (Å²) in [5.41, 5.74) is 5.91. The fourth-order valence-electron chi connectivity index (χ4n) is 2.69. The number of benzene rings is 1. The van der Waals surface area contributed by atoms with E-state index in [0.717, 1.165) is 36.6 Å². The summed E-state index contributed by atoms with van der Waals surface area (Å²) in [5.74, 6) is 0.529. The summed E-state index contributed by atoms with van der Waals surface area (Å²) in [6.45, 7) is 0. The molecule has 114 valence electrons. The second-order valence-corrected chi connectivity index (χ2v) is 6.60. The van der Waals surface area contributed by atoms with E-state index in [1.165, 1.54) is 0 Å². The molecule has 1 aliphatic carbocycles. The molecule has 3 N–H and O–H groups in total. The predicted molar refractivity (Wildman–Crippen MR) is 90.8 cm³/mol. The van der Waals surface area contributed by atoms with Crippen molar-refractivity contribution in [2.24, 2.45) is 5.73 Å². The average molecular weight is 371 g/mol. The number of halogens is 1. The molecular formula is C15H19BrN2O2S. The minimum Gasteiger partial charge on any atom is -0.496 e. The summed E-state index contributed by atoms with van der Waals surface area (Å²) in [4.78, 5) is 12.9. The molecule has 21 heavy (non-hydrogen) atoms. The highest BCUT2D eigenvalue weighted by atomic mass is 79.9. The predicted octanol–water partition coefficient (Wildman–Crippen LogP) is 3.18. The standard InChI is InChI=1S/C15H19BrN2O2S/c1-20-12-6-5-10(9-11(12)16)13(19)18-15(14(17)21)7-3-2-4-8-15/h5-6,9H,2-4,7-8H2,1H3,(H2,17,21)(H,18,19). The van der Waals surface area contributed by atoms with Gasteiger partial charge in [-0.2, -0.15) is 0 Å². The molecule has 0 aromatic heterocycles. The Morgan fingerprint density at radius 1 is 1.38 bits per heavy atom. The Morgan fingerprint density at radius 2 is 2.05 bits per heavy atom. The van der Waals surface area contributed by atoms with Gasteiger partial charge in [-0.05, 0) is 47.0 Å². The fraction of sp³-hybridized carbons (Fsp3) is 0.467. The molecule has 1 amide bonds. The lowest BCUT2D eigenvalue weighted by Crippen LogP contribution is -2.57. The van der Waals surface area contributed by atoms with Crippen molar-refractivity contribution in [2.75, 3.05) is 7.11 Å². The number of hydrogen-bond acceptors (Lipinski definition) is 3. The van der Waals surface area contributed by atoms with Crippen molar-refractivity contribution >= 4 is 39.0 Å². The average Bonchev–Trinajstić information content (AvgIpc) is 2.47. The normalized spacial score (nSPS) is 17.0. The number of carbonyl (C=O) groups excluding carboxylic acids is 1. The zero-order valence-electron chi connectivity index (χ0n) is 11.9. The molecule has 0 saturated heterocycles. The van der Waals surface area contributed by atoms with Crippen LogP contribution >= 0.6 is 28.1 Å². The van der Waals surface area contributed by atoms with Crippen LogP contribution in [0.1, 0.15) is 42.5 Å². The lowest BCUT2D eigenvalue weighted by molar-refractivity contribution is 0.0908. The number of amides is 1. The third-order valence-electron chi connectivity index (χ3n) is 3.95. The van der Waals surface area contributed by atoms with Crippen LogP contribution in [0.3, 0.4) is 0 Å². The summed E-state index contributed by atoms with van der Waals surface area (Å²) < 4.78 is 5.91. The minimum absolute atomic E-state index is 0.159. The van der Waals surface area contributed by atoms with E-state index >= 15 is 0 Å². The summed E-state index contributed by atoms with van der Waals surface area (Å²) >= 11 is 8.58. The van der Waals surface area contributed by atoms with E-state index < -0.39 is 5.54 Å². The van der Waals surface area contributed by atoms with E-state index in [2.05, 4.69) is 21.2 Å². The molecule has 1 aliphatic rings. The maximum atomic E-state index is 12.5. The van der Waals surface area contributed by atoms with Crippen LogP contribution in [0.2, 0.25) is 0 Å². The van der Waals surface area contributed by atoms with Gasteiger partial charge in [-0.3, -0.25) is 4.79 Å². The highest BCUT2D eigenvalue weighted by Gasteiger charge is 2.36. The van der Waals surface area contributed by atoms with Crippen molar-refractivity contribution in [3.05, 3.63) is 28.2 Å². The first-order valence-electron chi connectivity index (χ1n) is 6.94. The number of carbonyl (C=O) groups is 1. The molecule has 1 saturated carbocycles. The molecule has 4 nitrogen and oxygen atoms in total. The van der Waals surface area contributed by atoms with Crippen LogP contribution in [0.4, 0.5) is 0 Å². The zero-order chi connectivity index (χ0) is 15.5. The Labute approximate surface area is 138 Å². The van der Waals surface area contributed by atoms with Gasteiger partial charge in [0.15, 0.2) is 0 Å². The van der Waals surface area contributed by atoms with Crippen molar-refractivity contribution in [1.29, 1.82) is 0 Å². The number of rotatable bonds is 4. The molecule has 1 aromatic carbocycles. The zero-order valence-corrected chi connectivity index (χ0v) is 14.4. The van der Waals surface area contributed by atoms with Crippen molar-refractivity contribution in [1.82, 2.24) is 5.32 Å². The van der Waals surface area contributed by atoms with Crippen molar-refractivity contribution in [3.8, 4) is 5.75 Å². The van der Waals surface area contributed by atoms with Crippen molar-refractivity contribution in [3.63, 3.8) is 0 Å². The molecular weight excluding hydrogens is 352 g/mol. The molecule has 0 aliphatic heterocycles. The van der Waals surface area contributed by atoms with Crippen LogP contribution in [0.15, 0.2) is 22.7 Å². The van der Waals surface area contributed by atoms with Gasteiger partial charge in [0, 0.05) is 5.56 Å². The highest BCUT2D eigenvalue weighted by Crippen LogP contribution is 2.30. The van der Waals surface area contributed by atoms with Gasteiger partial charge in [0.05, 0.1) is 22.1 Å². The molecule has 6 heteroatoms. The van der Waals surface area contributed by atoms with E-state index in [1.807, 2.05) is 0 Å². The van der Waals surface area contributed by atoms with Crippen molar-refractivity contribution < 1.29 is 9.53 Å². The van der Waals surface area contributed by atoms with E-state index in [4.69, 9.17) is 22.7 Å². The molecule has 1 fully saturated rings. The summed E-state index contributed by atoms with van der Waals surface area (Å²) in [5, 5.41) is 3.05. The van der Waals surface area contributed by atoms with Crippen LogP contribution in [0, 0.1) is 0 Å². The molecule has 0 bridgehead atoms. The first-order valence-corrected chi connectivity index (χ1v) is 8.14. The maximum absolute atomic E-state index is 12.5. The van der Waals surface area contributed by atoms with Crippen LogP contribution in [-0.4, -0.2) is 23.5 Å². The largest absolute Gasteiger partial charge is 0.496 e. The number of ether oxygens (including phenoxy) is 1. The first kappa shape index (κ1) is 16.2. The Kier molecular flexibility index (Phi) is 5.22. The monoisotopic (exact) mass is 370 g/mol. The van der Waals surface area contributed by atoms with Crippen LogP contribution in [-0.2, 0) is 0 Å². The molecule has 0 unspecified atom stereocenters. The third kappa shape index (κ3) is 3.55. The number of thiocarbonyl (C=S) groups is 1. The quantitative estimate of drug-likeness (QED) is 0.798. The lowest BCUT2D eigenvalue weighted by Gasteiger charge is -2.37. The Hall–Kier alpha value is -1.14. The van der Waals surface area contributed by atoms with Crippen LogP contribution < -0.4 is 15.8 Å². The van der Waals surface area contributed by atoms with Gasteiger partial charge < -0.3 is 15.8 Å². The van der Waals surface area contributed by atoms with E-state index in [0.29, 0.717) is 16.3 Å². The second kappa shape index (κ2) is 6.75. The number of nitrogens with two attached hydrogens (primary N) is 1. The minimum atomic E-state index is -0.545. The fourth-order valence-corrected chi connectivity index (χ4v) is 3.48. The van der Waals surface area contributed by atoms with Gasteiger partial charge in [-0.25, -0.2) is 0 Å². The van der Waals surface area contributed by atoms with Gasteiger partial charge in [-0.15, -0.1) is 0 Å². The first-order chi connectivity index (χ1) is 9.98. The number of methoxy groups -OCH3 is 1. The lowest BCUT2D eigenvalue weighted by atomic mass is 9.81. The Balaban J connectivity index is 2.19. The molecule has 0 atom stereocenters. The van der Waals surface area contributed by atoms with E-state index in [9.17, 15) is 4.79 Å². The van der Waals surface area contributed by atoms with E-state index in [1.54, 1.807) is 25.3 Å². The molecule has 2 rings (SSSR count). The van der Waals surface area contributed by atoms with Gasteiger partial charge in [0.1, 0.15) is 5.75 Å². The second-order valence-electron chi connectivity index (χ2n) is 5.31. The van der Waals surface area contributed by atoms with Gasteiger partial charge in [0.2, 0.25) is 0 Å². The van der Waals surface area contributed by atoms with Gasteiger partial charge in [-0.1, -0.05) is 31.5 Å². The number of nitrogens with one attached hydrogen (secondary N) is 1. The third-order valence-corrected chi connectivity index (χ3v) is 4.96. The number of hydrogen-bond donors (Lipinski definition) is 2. The SMILES string of the molecule is COc1ccc(C(=O)NC2(C(N)=S)CCCCC2)cc1Br. The maximum Gasteiger partial charge on any atom is 0.252 e. The van der Waals surface area contributed by atoms with Crippen molar-refractivity contribution in [2.45, 2.75) is 37.6 Å².